The van der Waals surface area contributed by atoms with E-state index >= 15 is 0 Å². The Bertz CT molecular complexity index is 929. The minimum Gasteiger partial charge on any atom is -0.367 e. The number of rotatable bonds is 4. The first kappa shape index (κ1) is 16.8. The van der Waals surface area contributed by atoms with Crippen molar-refractivity contribution in [2.45, 2.75) is 26.0 Å². The van der Waals surface area contributed by atoms with E-state index in [1.807, 2.05) is 58.5 Å². The Morgan fingerprint density at radius 3 is 3.00 bits per heavy atom. The zero-order chi connectivity index (χ0) is 18.1. The van der Waals surface area contributed by atoms with Gasteiger partial charge in [0.15, 0.2) is 0 Å². The molecule has 0 saturated carbocycles. The van der Waals surface area contributed by atoms with Crippen LogP contribution < -0.4 is 0 Å². The van der Waals surface area contributed by atoms with Gasteiger partial charge in [-0.25, -0.2) is 9.97 Å². The maximum atomic E-state index is 12.7. The summed E-state index contributed by atoms with van der Waals surface area (Å²) in [7, 11) is 1.96. The van der Waals surface area contributed by atoms with E-state index in [2.05, 4.69) is 9.97 Å². The largest absolute Gasteiger partial charge is 0.367 e. The monoisotopic (exact) mass is 353 g/mol. The number of aryl methyl sites for hydroxylation is 3. The summed E-state index contributed by atoms with van der Waals surface area (Å²) < 4.78 is 9.87. The van der Waals surface area contributed by atoms with E-state index in [0.29, 0.717) is 32.7 Å². The summed E-state index contributed by atoms with van der Waals surface area (Å²) in [4.78, 5) is 23.5. The Balaban J connectivity index is 1.40. The van der Waals surface area contributed by atoms with Gasteiger partial charge in [0.05, 0.1) is 36.2 Å². The molecule has 26 heavy (non-hydrogen) atoms. The number of carbonyl (C=O) groups excluding carboxylic acids is 1. The molecule has 1 aliphatic heterocycles. The van der Waals surface area contributed by atoms with Crippen LogP contribution in [0.25, 0.3) is 11.0 Å². The molecule has 0 radical (unpaired) electrons. The highest BCUT2D eigenvalue weighted by Crippen LogP contribution is 2.22. The quantitative estimate of drug-likeness (QED) is 0.720. The summed E-state index contributed by atoms with van der Waals surface area (Å²) >= 11 is 0. The number of amides is 1. The molecule has 4 rings (SSSR count). The minimum atomic E-state index is -0.166. The van der Waals surface area contributed by atoms with Gasteiger partial charge in [-0.2, -0.15) is 0 Å². The lowest BCUT2D eigenvalue weighted by atomic mass is 10.2. The number of fused-ring (bicyclic) bond motifs is 1. The predicted octanol–water partition coefficient (Wildman–Crippen LogP) is 2.07. The van der Waals surface area contributed by atoms with Crippen LogP contribution in [0.5, 0.6) is 0 Å². The topological polar surface area (TPSA) is 65.2 Å². The summed E-state index contributed by atoms with van der Waals surface area (Å²) in [6, 6.07) is 7.97. The fourth-order valence-electron chi connectivity index (χ4n) is 3.53. The molecule has 7 nitrogen and oxygen atoms in total. The fourth-order valence-corrected chi connectivity index (χ4v) is 3.53. The molecule has 2 aromatic heterocycles. The van der Waals surface area contributed by atoms with Crippen LogP contribution in [0.4, 0.5) is 0 Å². The van der Waals surface area contributed by atoms with Crippen LogP contribution in [-0.2, 0) is 23.1 Å². The van der Waals surface area contributed by atoms with Crippen molar-refractivity contribution < 1.29 is 9.53 Å². The highest BCUT2D eigenvalue weighted by molar-refractivity contribution is 5.77. The van der Waals surface area contributed by atoms with Crippen molar-refractivity contribution >= 4 is 16.9 Å². The molecule has 1 fully saturated rings. The second kappa shape index (κ2) is 6.92. The molecule has 3 heterocycles. The highest BCUT2D eigenvalue weighted by Gasteiger charge is 2.28. The molecule has 0 spiro atoms. The normalized spacial score (nSPS) is 17.8. The van der Waals surface area contributed by atoms with Gasteiger partial charge in [0.1, 0.15) is 11.9 Å². The van der Waals surface area contributed by atoms with Crippen molar-refractivity contribution in [3.05, 3.63) is 48.3 Å². The van der Waals surface area contributed by atoms with Gasteiger partial charge in [0.2, 0.25) is 5.91 Å². The van der Waals surface area contributed by atoms with E-state index in [4.69, 9.17) is 4.74 Å². The molecular weight excluding hydrogens is 330 g/mol. The molecule has 0 N–H and O–H groups in total. The maximum Gasteiger partial charge on any atom is 0.224 e. The van der Waals surface area contributed by atoms with Gasteiger partial charge in [-0.15, -0.1) is 0 Å². The second-order valence-electron chi connectivity index (χ2n) is 6.73. The molecular formula is C19H23N5O2. The number of benzene rings is 1. The molecule has 0 aliphatic carbocycles. The molecule has 0 bridgehead atoms. The number of carbonyl (C=O) groups is 1. The van der Waals surface area contributed by atoms with Crippen LogP contribution >= 0.6 is 0 Å². The van der Waals surface area contributed by atoms with Crippen molar-refractivity contribution in [3.8, 4) is 0 Å². The minimum absolute atomic E-state index is 0.141. The van der Waals surface area contributed by atoms with Crippen LogP contribution in [0.3, 0.4) is 0 Å². The third kappa shape index (κ3) is 3.22. The summed E-state index contributed by atoms with van der Waals surface area (Å²) in [5.41, 5.74) is 2.97. The standard InChI is InChI=1S/C19H23N5O2/c1-14-11-22(2)19(21-14)17-12-23(9-10-26-17)18(25)7-8-24-13-20-15-5-3-4-6-16(15)24/h3-6,11,13,17H,7-10,12H2,1-2H3/t17-/m1/s1. The number of morpholine rings is 1. The maximum absolute atomic E-state index is 12.7. The first-order valence-electron chi connectivity index (χ1n) is 8.91. The number of aromatic nitrogens is 4. The summed E-state index contributed by atoms with van der Waals surface area (Å²) in [5, 5.41) is 0. The van der Waals surface area contributed by atoms with Crippen molar-refractivity contribution in [3.63, 3.8) is 0 Å². The number of para-hydroxylation sites is 2. The summed E-state index contributed by atoms with van der Waals surface area (Å²) in [6.07, 6.45) is 4.06. The molecule has 7 heteroatoms. The van der Waals surface area contributed by atoms with Crippen molar-refractivity contribution in [2.75, 3.05) is 19.7 Å². The van der Waals surface area contributed by atoms with E-state index in [0.717, 1.165) is 22.6 Å². The number of ether oxygens (including phenoxy) is 1. The molecule has 1 amide bonds. The SMILES string of the molecule is Cc1cn(C)c([C@H]2CN(C(=O)CCn3cnc4ccccc43)CCO2)n1. The third-order valence-corrected chi connectivity index (χ3v) is 4.83. The molecule has 1 saturated heterocycles. The summed E-state index contributed by atoms with van der Waals surface area (Å²) in [5.74, 6) is 1.02. The van der Waals surface area contributed by atoms with E-state index in [1.165, 1.54) is 0 Å². The lowest BCUT2D eigenvalue weighted by molar-refractivity contribution is -0.139. The van der Waals surface area contributed by atoms with Crippen molar-refractivity contribution in [1.82, 2.24) is 24.0 Å². The van der Waals surface area contributed by atoms with Crippen LogP contribution in [0.1, 0.15) is 24.0 Å². The Morgan fingerprint density at radius 1 is 1.35 bits per heavy atom. The lowest BCUT2D eigenvalue weighted by Crippen LogP contribution is -2.43. The van der Waals surface area contributed by atoms with E-state index < -0.39 is 0 Å². The molecule has 1 aliphatic rings. The average molecular weight is 353 g/mol. The molecule has 136 valence electrons. The highest BCUT2D eigenvalue weighted by atomic mass is 16.5. The molecule has 3 aromatic rings. The first-order valence-corrected chi connectivity index (χ1v) is 8.91. The number of hydrogen-bond donors (Lipinski definition) is 0. The zero-order valence-corrected chi connectivity index (χ0v) is 15.1. The Morgan fingerprint density at radius 2 is 2.19 bits per heavy atom. The Hall–Kier alpha value is -2.67. The van der Waals surface area contributed by atoms with Gasteiger partial charge in [0.25, 0.3) is 0 Å². The van der Waals surface area contributed by atoms with Crippen molar-refractivity contribution in [2.24, 2.45) is 7.05 Å². The van der Waals surface area contributed by atoms with E-state index in [-0.39, 0.29) is 12.0 Å². The number of hydrogen-bond acceptors (Lipinski definition) is 4. The van der Waals surface area contributed by atoms with Crippen molar-refractivity contribution in [1.29, 1.82) is 0 Å². The third-order valence-electron chi connectivity index (χ3n) is 4.83. The van der Waals surface area contributed by atoms with Crippen LogP contribution in [0, 0.1) is 6.92 Å². The second-order valence-corrected chi connectivity index (χ2v) is 6.73. The van der Waals surface area contributed by atoms with Gasteiger partial charge in [0, 0.05) is 32.8 Å². The average Bonchev–Trinajstić information content (AvgIpc) is 3.22. The van der Waals surface area contributed by atoms with E-state index in [1.54, 1.807) is 6.33 Å². The van der Waals surface area contributed by atoms with Gasteiger partial charge in [-0.1, -0.05) is 12.1 Å². The van der Waals surface area contributed by atoms with Gasteiger partial charge < -0.3 is 18.8 Å². The smallest absolute Gasteiger partial charge is 0.224 e. The number of imidazole rings is 2. The predicted molar refractivity (Wildman–Crippen MR) is 97.6 cm³/mol. The molecule has 1 aromatic carbocycles. The summed E-state index contributed by atoms with van der Waals surface area (Å²) in [6.45, 7) is 4.31. The van der Waals surface area contributed by atoms with Gasteiger partial charge in [-0.3, -0.25) is 4.79 Å². The van der Waals surface area contributed by atoms with Crippen LogP contribution in [0.15, 0.2) is 36.8 Å². The van der Waals surface area contributed by atoms with E-state index in [9.17, 15) is 4.79 Å². The van der Waals surface area contributed by atoms with Crippen LogP contribution in [0.2, 0.25) is 0 Å². The van der Waals surface area contributed by atoms with Gasteiger partial charge >= 0.3 is 0 Å². The lowest BCUT2D eigenvalue weighted by Gasteiger charge is -2.32. The molecule has 0 unspecified atom stereocenters. The fraction of sp³-hybridized carbons (Fsp3) is 0.421. The van der Waals surface area contributed by atoms with Gasteiger partial charge in [-0.05, 0) is 19.1 Å². The number of nitrogens with zero attached hydrogens (tertiary/aromatic N) is 5. The zero-order valence-electron chi connectivity index (χ0n) is 15.1. The Labute approximate surface area is 152 Å². The first-order chi connectivity index (χ1) is 12.6. The van der Waals surface area contributed by atoms with Crippen LogP contribution in [-0.4, -0.2) is 49.6 Å². The Kier molecular flexibility index (Phi) is 4.46. The molecule has 1 atom stereocenters.